The Morgan fingerprint density at radius 2 is 1.76 bits per heavy atom. The number of halogens is 2. The maximum absolute atomic E-state index is 13.0. The largest absolute Gasteiger partial charge is 0.367 e. The lowest BCUT2D eigenvalue weighted by molar-refractivity contribution is 0.0993. The molecule has 4 rings (SSSR count). The average Bonchev–Trinajstić information content (AvgIpc) is 2.85. The number of nitrogens with zero attached hydrogens (tertiary/aromatic N) is 4. The lowest BCUT2D eigenvalue weighted by Crippen LogP contribution is -2.46. The summed E-state index contributed by atoms with van der Waals surface area (Å²) in [5.41, 5.74) is 3.61. The smallest absolute Gasteiger partial charge is 0.258 e. The highest BCUT2D eigenvalue weighted by Crippen LogP contribution is 2.30. The minimum atomic E-state index is -0.113. The van der Waals surface area contributed by atoms with Gasteiger partial charge in [0.05, 0.1) is 11.4 Å². The van der Waals surface area contributed by atoms with E-state index >= 15 is 0 Å². The van der Waals surface area contributed by atoms with Crippen molar-refractivity contribution in [2.45, 2.75) is 0 Å². The van der Waals surface area contributed by atoms with Gasteiger partial charge in [0.1, 0.15) is 5.15 Å². The van der Waals surface area contributed by atoms with Crippen molar-refractivity contribution in [2.24, 2.45) is 0 Å². The molecule has 33 heavy (non-hydrogen) atoms. The van der Waals surface area contributed by atoms with E-state index in [2.05, 4.69) is 33.0 Å². The van der Waals surface area contributed by atoms with Crippen molar-refractivity contribution in [3.8, 4) is 0 Å². The fraction of sp³-hybridized carbons (Fsp3) is 0.231. The second-order valence-corrected chi connectivity index (χ2v) is 8.79. The van der Waals surface area contributed by atoms with Gasteiger partial charge in [-0.1, -0.05) is 59.6 Å². The van der Waals surface area contributed by atoms with E-state index < -0.39 is 0 Å². The molecule has 1 aliphatic heterocycles. The molecule has 1 aromatic heterocycles. The second-order valence-electron chi connectivity index (χ2n) is 7.96. The third kappa shape index (κ3) is 5.93. The summed E-state index contributed by atoms with van der Waals surface area (Å²) in [5, 5.41) is 1.06. The van der Waals surface area contributed by atoms with E-state index in [9.17, 15) is 4.79 Å². The quantitative estimate of drug-likeness (QED) is 0.436. The van der Waals surface area contributed by atoms with Crippen molar-refractivity contribution >= 4 is 46.6 Å². The molecule has 0 spiro atoms. The Hall–Kier alpha value is -2.86. The first-order valence-corrected chi connectivity index (χ1v) is 11.6. The van der Waals surface area contributed by atoms with Gasteiger partial charge in [0.25, 0.3) is 5.91 Å². The molecule has 170 valence electrons. The molecule has 1 aliphatic rings. The maximum atomic E-state index is 13.0. The molecule has 0 aliphatic carbocycles. The Bertz CT molecular complexity index is 1130. The Labute approximate surface area is 204 Å². The van der Waals surface area contributed by atoms with E-state index in [1.165, 1.54) is 0 Å². The Morgan fingerprint density at radius 1 is 1.03 bits per heavy atom. The molecule has 2 aromatic carbocycles. The minimum absolute atomic E-state index is 0.113. The number of piperazine rings is 1. The predicted octanol–water partition coefficient (Wildman–Crippen LogP) is 5.50. The number of benzene rings is 2. The topological polar surface area (TPSA) is 39.7 Å². The van der Waals surface area contributed by atoms with Crippen LogP contribution in [0.5, 0.6) is 0 Å². The van der Waals surface area contributed by atoms with Crippen LogP contribution in [0.2, 0.25) is 10.2 Å². The molecule has 0 N–H and O–H groups in total. The van der Waals surface area contributed by atoms with Crippen LogP contribution in [0.25, 0.3) is 6.08 Å². The number of carbonyl (C=O) groups is 1. The molecule has 7 heteroatoms. The number of para-hydroxylation sites is 2. The van der Waals surface area contributed by atoms with Crippen LogP contribution in [0.15, 0.2) is 72.9 Å². The first-order chi connectivity index (χ1) is 16.0. The number of carbonyl (C=O) groups excluding carboxylic acids is 1. The molecule has 1 fully saturated rings. The molecule has 0 atom stereocenters. The Balaban J connectivity index is 1.38. The monoisotopic (exact) mass is 480 g/mol. The number of hydrogen-bond donors (Lipinski definition) is 0. The van der Waals surface area contributed by atoms with E-state index in [1.807, 2.05) is 42.5 Å². The lowest BCUT2D eigenvalue weighted by atomic mass is 10.1. The molecule has 0 bridgehead atoms. The van der Waals surface area contributed by atoms with E-state index in [0.29, 0.717) is 10.7 Å². The van der Waals surface area contributed by atoms with Crippen molar-refractivity contribution in [2.75, 3.05) is 49.6 Å². The normalized spacial score (nSPS) is 14.6. The van der Waals surface area contributed by atoms with Crippen LogP contribution in [0.4, 0.5) is 11.4 Å². The third-order valence-electron chi connectivity index (χ3n) is 5.78. The zero-order valence-electron chi connectivity index (χ0n) is 18.5. The molecule has 1 saturated heterocycles. The summed E-state index contributed by atoms with van der Waals surface area (Å²) in [5.74, 6) is -0.113. The van der Waals surface area contributed by atoms with Gasteiger partial charge in [0.15, 0.2) is 0 Å². The van der Waals surface area contributed by atoms with Crippen molar-refractivity contribution < 1.29 is 4.79 Å². The predicted molar refractivity (Wildman–Crippen MR) is 138 cm³/mol. The van der Waals surface area contributed by atoms with Gasteiger partial charge in [-0.3, -0.25) is 9.69 Å². The zero-order valence-corrected chi connectivity index (χ0v) is 20.0. The zero-order chi connectivity index (χ0) is 23.2. The lowest BCUT2D eigenvalue weighted by Gasteiger charge is -2.37. The number of aromatic nitrogens is 1. The molecular weight excluding hydrogens is 455 g/mol. The van der Waals surface area contributed by atoms with E-state index in [-0.39, 0.29) is 5.91 Å². The number of anilines is 2. The van der Waals surface area contributed by atoms with Gasteiger partial charge in [-0.05, 0) is 42.0 Å². The molecule has 1 amide bonds. The number of hydrogen-bond acceptors (Lipinski definition) is 4. The van der Waals surface area contributed by atoms with Gasteiger partial charge in [0, 0.05) is 56.6 Å². The van der Waals surface area contributed by atoms with Crippen molar-refractivity contribution in [3.05, 3.63) is 94.2 Å². The summed E-state index contributed by atoms with van der Waals surface area (Å²) in [6.45, 7) is 4.61. The van der Waals surface area contributed by atoms with E-state index in [1.54, 1.807) is 30.3 Å². The van der Waals surface area contributed by atoms with Crippen molar-refractivity contribution in [3.63, 3.8) is 0 Å². The highest BCUT2D eigenvalue weighted by atomic mass is 35.5. The molecule has 5 nitrogen and oxygen atoms in total. The molecule has 0 saturated carbocycles. The first kappa shape index (κ1) is 23.3. The molecule has 0 unspecified atom stereocenters. The molecule has 2 heterocycles. The standard InChI is InChI=1S/C26H26Cl2N4O/c1-30(26(33)21-12-13-29-25(28)19-21)23-6-2-3-7-24(23)32-17-15-31(16-18-32)14-4-5-20-8-10-22(27)11-9-20/h2-13,19H,14-18H2,1H3/b5-4+. The van der Waals surface area contributed by atoms with Crippen LogP contribution in [-0.2, 0) is 0 Å². The van der Waals surface area contributed by atoms with Crippen LogP contribution in [0.3, 0.4) is 0 Å². The highest BCUT2D eigenvalue weighted by molar-refractivity contribution is 6.30. The number of amides is 1. The van der Waals surface area contributed by atoms with Crippen molar-refractivity contribution in [1.82, 2.24) is 9.88 Å². The highest BCUT2D eigenvalue weighted by Gasteiger charge is 2.22. The SMILES string of the molecule is CN(C(=O)c1ccnc(Cl)c1)c1ccccc1N1CCN(C/C=C/c2ccc(Cl)cc2)CC1. The van der Waals surface area contributed by atoms with E-state index in [4.69, 9.17) is 23.2 Å². The summed E-state index contributed by atoms with van der Waals surface area (Å²) in [6, 6.07) is 19.2. The molecule has 0 radical (unpaired) electrons. The minimum Gasteiger partial charge on any atom is -0.367 e. The van der Waals surface area contributed by atoms with Crippen LogP contribution < -0.4 is 9.80 Å². The summed E-state index contributed by atoms with van der Waals surface area (Å²) in [7, 11) is 1.80. The van der Waals surface area contributed by atoms with Gasteiger partial charge in [0.2, 0.25) is 0 Å². The van der Waals surface area contributed by atoms with Gasteiger partial charge in [-0.25, -0.2) is 4.98 Å². The summed E-state index contributed by atoms with van der Waals surface area (Å²) in [6.07, 6.45) is 5.87. The summed E-state index contributed by atoms with van der Waals surface area (Å²) < 4.78 is 0. The fourth-order valence-electron chi connectivity index (χ4n) is 3.94. The summed E-state index contributed by atoms with van der Waals surface area (Å²) in [4.78, 5) is 23.5. The summed E-state index contributed by atoms with van der Waals surface area (Å²) >= 11 is 11.9. The van der Waals surface area contributed by atoms with Gasteiger partial charge in [-0.15, -0.1) is 0 Å². The average molecular weight is 481 g/mol. The van der Waals surface area contributed by atoms with Gasteiger partial charge >= 0.3 is 0 Å². The Kier molecular flexibility index (Phi) is 7.65. The van der Waals surface area contributed by atoms with Crippen LogP contribution in [-0.4, -0.2) is 55.6 Å². The first-order valence-electron chi connectivity index (χ1n) is 10.9. The second kappa shape index (κ2) is 10.8. The number of rotatable bonds is 6. The van der Waals surface area contributed by atoms with Crippen molar-refractivity contribution in [1.29, 1.82) is 0 Å². The van der Waals surface area contributed by atoms with Crippen LogP contribution >= 0.6 is 23.2 Å². The van der Waals surface area contributed by atoms with Gasteiger partial charge in [-0.2, -0.15) is 0 Å². The van der Waals surface area contributed by atoms with Gasteiger partial charge < -0.3 is 9.80 Å². The molecule has 3 aromatic rings. The fourth-order valence-corrected chi connectivity index (χ4v) is 4.24. The molecular formula is C26H26Cl2N4O. The van der Waals surface area contributed by atoms with E-state index in [0.717, 1.165) is 54.7 Å². The van der Waals surface area contributed by atoms with Crippen LogP contribution in [0.1, 0.15) is 15.9 Å². The third-order valence-corrected chi connectivity index (χ3v) is 6.24. The maximum Gasteiger partial charge on any atom is 0.258 e. The van der Waals surface area contributed by atoms with Crippen LogP contribution in [0, 0.1) is 0 Å². The number of pyridine rings is 1. The Morgan fingerprint density at radius 3 is 2.48 bits per heavy atom.